The summed E-state index contributed by atoms with van der Waals surface area (Å²) in [5.74, 6) is -0.966. The lowest BCUT2D eigenvalue weighted by Crippen LogP contribution is -2.44. The SMILES string of the molecule is CC(NC(=O)NCc1ccc(C(=O)O)cc1)C1OCCc2sccc21. The molecule has 2 atom stereocenters. The Kier molecular flexibility index (Phi) is 5.35. The van der Waals surface area contributed by atoms with E-state index in [2.05, 4.69) is 22.1 Å². The summed E-state index contributed by atoms with van der Waals surface area (Å²) in [6, 6.07) is 8.05. The predicted octanol–water partition coefficient (Wildman–Crippen LogP) is 2.95. The summed E-state index contributed by atoms with van der Waals surface area (Å²) in [6.07, 6.45) is 0.796. The van der Waals surface area contributed by atoms with Crippen LogP contribution >= 0.6 is 11.3 Å². The summed E-state index contributed by atoms with van der Waals surface area (Å²) in [7, 11) is 0. The lowest BCUT2D eigenvalue weighted by Gasteiger charge is -2.29. The second-order valence-electron chi connectivity index (χ2n) is 5.96. The molecule has 6 nitrogen and oxygen atoms in total. The second-order valence-corrected chi connectivity index (χ2v) is 6.96. The summed E-state index contributed by atoms with van der Waals surface area (Å²) in [5.41, 5.74) is 2.22. The third-order valence-corrected chi connectivity index (χ3v) is 5.18. The van der Waals surface area contributed by atoms with Gasteiger partial charge in [-0.1, -0.05) is 12.1 Å². The van der Waals surface area contributed by atoms with Gasteiger partial charge in [-0.25, -0.2) is 9.59 Å². The van der Waals surface area contributed by atoms with E-state index in [9.17, 15) is 9.59 Å². The number of benzene rings is 1. The van der Waals surface area contributed by atoms with E-state index in [0.29, 0.717) is 13.2 Å². The van der Waals surface area contributed by atoms with Gasteiger partial charge in [0, 0.05) is 17.8 Å². The third kappa shape index (κ3) is 4.18. The first-order chi connectivity index (χ1) is 12.0. The van der Waals surface area contributed by atoms with Crippen molar-refractivity contribution in [1.82, 2.24) is 10.6 Å². The van der Waals surface area contributed by atoms with Gasteiger partial charge < -0.3 is 20.5 Å². The summed E-state index contributed by atoms with van der Waals surface area (Å²) < 4.78 is 5.83. The normalized spacial score (nSPS) is 17.4. The van der Waals surface area contributed by atoms with Gasteiger partial charge in [0.15, 0.2) is 0 Å². The van der Waals surface area contributed by atoms with Gasteiger partial charge in [-0.2, -0.15) is 0 Å². The molecule has 1 aromatic carbocycles. The van der Waals surface area contributed by atoms with Crippen molar-refractivity contribution in [3.05, 3.63) is 57.3 Å². The number of urea groups is 1. The molecule has 0 radical (unpaired) electrons. The van der Waals surface area contributed by atoms with Gasteiger partial charge in [0.2, 0.25) is 0 Å². The molecular weight excluding hydrogens is 340 g/mol. The van der Waals surface area contributed by atoms with Crippen molar-refractivity contribution >= 4 is 23.3 Å². The summed E-state index contributed by atoms with van der Waals surface area (Å²) >= 11 is 1.73. The molecule has 0 bridgehead atoms. The van der Waals surface area contributed by atoms with Crippen molar-refractivity contribution < 1.29 is 19.4 Å². The van der Waals surface area contributed by atoms with Crippen molar-refractivity contribution in [3.63, 3.8) is 0 Å². The zero-order valence-corrected chi connectivity index (χ0v) is 14.6. The minimum Gasteiger partial charge on any atom is -0.478 e. The van der Waals surface area contributed by atoms with Crippen LogP contribution in [0.3, 0.4) is 0 Å². The number of fused-ring (bicyclic) bond motifs is 1. The molecule has 3 rings (SSSR count). The Morgan fingerprint density at radius 3 is 2.80 bits per heavy atom. The van der Waals surface area contributed by atoms with E-state index in [4.69, 9.17) is 9.84 Å². The van der Waals surface area contributed by atoms with Crippen LogP contribution in [0, 0.1) is 0 Å². The number of nitrogens with one attached hydrogen (secondary N) is 2. The van der Waals surface area contributed by atoms with E-state index in [-0.39, 0.29) is 23.7 Å². The Morgan fingerprint density at radius 1 is 1.32 bits per heavy atom. The number of ether oxygens (including phenoxy) is 1. The van der Waals surface area contributed by atoms with Gasteiger partial charge in [-0.3, -0.25) is 0 Å². The number of hydrogen-bond acceptors (Lipinski definition) is 4. The first-order valence-corrected chi connectivity index (χ1v) is 8.97. The molecule has 1 aliphatic heterocycles. The maximum absolute atomic E-state index is 12.1. The number of hydrogen-bond donors (Lipinski definition) is 3. The zero-order chi connectivity index (χ0) is 17.8. The van der Waals surface area contributed by atoms with Gasteiger partial charge in [0.05, 0.1) is 18.2 Å². The van der Waals surface area contributed by atoms with Crippen LogP contribution in [0.5, 0.6) is 0 Å². The Bertz CT molecular complexity index is 757. The maximum atomic E-state index is 12.1. The lowest BCUT2D eigenvalue weighted by atomic mass is 10.0. The number of rotatable bonds is 5. The smallest absolute Gasteiger partial charge is 0.335 e. The highest BCUT2D eigenvalue weighted by molar-refractivity contribution is 7.10. The molecule has 1 aliphatic rings. The predicted molar refractivity (Wildman–Crippen MR) is 95.0 cm³/mol. The van der Waals surface area contributed by atoms with E-state index < -0.39 is 5.97 Å². The van der Waals surface area contributed by atoms with Crippen LogP contribution in [-0.2, 0) is 17.7 Å². The summed E-state index contributed by atoms with van der Waals surface area (Å²) in [6.45, 7) is 2.92. The molecule has 0 fully saturated rings. The molecule has 3 N–H and O–H groups in total. The first kappa shape index (κ1) is 17.4. The maximum Gasteiger partial charge on any atom is 0.335 e. The molecule has 0 saturated carbocycles. The standard InChI is InChI=1S/C18H20N2O4S/c1-11(16-14-7-9-25-15(14)6-8-24-16)20-18(23)19-10-12-2-4-13(5-3-12)17(21)22/h2-5,7,9,11,16H,6,8,10H2,1H3,(H,21,22)(H2,19,20,23). The highest BCUT2D eigenvalue weighted by Gasteiger charge is 2.27. The molecule has 7 heteroatoms. The number of aromatic carboxylic acids is 1. The molecule has 1 aromatic heterocycles. The molecule has 2 unspecified atom stereocenters. The number of carboxylic acid groups (broad SMARTS) is 1. The van der Waals surface area contributed by atoms with Crippen molar-refractivity contribution in [3.8, 4) is 0 Å². The number of carboxylic acids is 1. The van der Waals surface area contributed by atoms with Crippen LogP contribution in [0.25, 0.3) is 0 Å². The van der Waals surface area contributed by atoms with Crippen LogP contribution in [0.1, 0.15) is 39.4 Å². The lowest BCUT2D eigenvalue weighted by molar-refractivity contribution is 0.0233. The number of carbonyl (C=O) groups excluding carboxylic acids is 1. The van der Waals surface area contributed by atoms with Crippen LogP contribution in [0.15, 0.2) is 35.7 Å². The van der Waals surface area contributed by atoms with E-state index in [1.54, 1.807) is 23.5 Å². The summed E-state index contributed by atoms with van der Waals surface area (Å²) in [4.78, 5) is 24.3. The Morgan fingerprint density at radius 2 is 2.08 bits per heavy atom. The third-order valence-electron chi connectivity index (χ3n) is 4.18. The van der Waals surface area contributed by atoms with Crippen LogP contribution in [0.2, 0.25) is 0 Å². The van der Waals surface area contributed by atoms with Crippen LogP contribution < -0.4 is 10.6 Å². The average molecular weight is 360 g/mol. The minimum absolute atomic E-state index is 0.129. The molecule has 0 saturated heterocycles. The minimum atomic E-state index is -0.966. The molecule has 0 spiro atoms. The van der Waals surface area contributed by atoms with Gasteiger partial charge in [-0.05, 0) is 41.6 Å². The number of thiophene rings is 1. The molecule has 132 valence electrons. The van der Waals surface area contributed by atoms with Crippen LogP contribution in [-0.4, -0.2) is 29.8 Å². The fraction of sp³-hybridized carbons (Fsp3) is 0.333. The Balaban J connectivity index is 1.52. The van der Waals surface area contributed by atoms with Crippen molar-refractivity contribution in [1.29, 1.82) is 0 Å². The second kappa shape index (κ2) is 7.67. The van der Waals surface area contributed by atoms with Gasteiger partial charge in [0.25, 0.3) is 0 Å². The van der Waals surface area contributed by atoms with E-state index in [1.165, 1.54) is 17.0 Å². The summed E-state index contributed by atoms with van der Waals surface area (Å²) in [5, 5.41) is 16.6. The average Bonchev–Trinajstić information content (AvgIpc) is 3.08. The van der Waals surface area contributed by atoms with E-state index in [1.807, 2.05) is 6.92 Å². The molecular formula is C18H20N2O4S. The van der Waals surface area contributed by atoms with E-state index in [0.717, 1.165) is 17.5 Å². The monoisotopic (exact) mass is 360 g/mol. The molecule has 2 amide bonds. The zero-order valence-electron chi connectivity index (χ0n) is 13.8. The molecule has 2 heterocycles. The Labute approximate surface area is 149 Å². The number of carbonyl (C=O) groups is 2. The fourth-order valence-corrected chi connectivity index (χ4v) is 3.77. The van der Waals surface area contributed by atoms with Gasteiger partial charge in [-0.15, -0.1) is 11.3 Å². The van der Waals surface area contributed by atoms with Crippen molar-refractivity contribution in [2.24, 2.45) is 0 Å². The van der Waals surface area contributed by atoms with Crippen LogP contribution in [0.4, 0.5) is 4.79 Å². The van der Waals surface area contributed by atoms with Crippen molar-refractivity contribution in [2.45, 2.75) is 32.0 Å². The highest BCUT2D eigenvalue weighted by atomic mass is 32.1. The first-order valence-electron chi connectivity index (χ1n) is 8.09. The van der Waals surface area contributed by atoms with Gasteiger partial charge in [0.1, 0.15) is 6.10 Å². The molecule has 2 aromatic rings. The molecule has 25 heavy (non-hydrogen) atoms. The Hall–Kier alpha value is -2.38. The largest absolute Gasteiger partial charge is 0.478 e. The van der Waals surface area contributed by atoms with Gasteiger partial charge >= 0.3 is 12.0 Å². The topological polar surface area (TPSA) is 87.7 Å². The fourth-order valence-electron chi connectivity index (χ4n) is 2.87. The molecule has 0 aliphatic carbocycles. The number of amides is 2. The highest BCUT2D eigenvalue weighted by Crippen LogP contribution is 2.33. The quantitative estimate of drug-likeness (QED) is 0.765. The van der Waals surface area contributed by atoms with Crippen molar-refractivity contribution in [2.75, 3.05) is 6.61 Å². The van der Waals surface area contributed by atoms with E-state index >= 15 is 0 Å².